The van der Waals surface area contributed by atoms with Crippen LogP contribution in [0.5, 0.6) is 46.0 Å². The molecule has 0 fully saturated rings. The fourth-order valence-corrected chi connectivity index (χ4v) is 6.23. The molecule has 0 amide bonds. The largest absolute Gasteiger partial charge is 0.507 e. The van der Waals surface area contributed by atoms with Crippen LogP contribution < -0.4 is 28.4 Å². The van der Waals surface area contributed by atoms with Gasteiger partial charge in [0, 0.05) is 35.4 Å². The monoisotopic (exact) mass is 630 g/mol. The molecule has 0 bridgehead atoms. The first kappa shape index (κ1) is 33.0. The average molecular weight is 631 g/mol. The molecule has 236 valence electrons. The first-order chi connectivity index (χ1) is 21.9. The molecule has 0 aliphatic rings. The Morgan fingerprint density at radius 2 is 0.844 bits per heavy atom. The predicted octanol–water partition coefficient (Wildman–Crippen LogP) is 8.09. The summed E-state index contributed by atoms with van der Waals surface area (Å²) in [4.78, 5) is 0. The van der Waals surface area contributed by atoms with E-state index in [9.17, 15) is 10.2 Å². The molecule has 4 rings (SSSR count). The van der Waals surface area contributed by atoms with Gasteiger partial charge in [-0.05, 0) is 12.1 Å². The lowest BCUT2D eigenvalue weighted by atomic mass is 10.1. The molecular weight excluding hydrogens is 592 g/mol. The predicted molar refractivity (Wildman–Crippen MR) is 180 cm³/mol. The number of hydrogen-bond donors (Lipinski definition) is 2. The molecule has 4 aromatic carbocycles. The Kier molecular flexibility index (Phi) is 11.5. The zero-order chi connectivity index (χ0) is 32.3. The van der Waals surface area contributed by atoms with Gasteiger partial charge < -0.3 is 38.6 Å². The maximum atomic E-state index is 10.5. The lowest BCUT2D eigenvalue weighted by Crippen LogP contribution is -2.05. The molecule has 45 heavy (non-hydrogen) atoms. The number of phenolic OH excluding ortho intramolecular Hbond substituents is 2. The minimum Gasteiger partial charge on any atom is -0.507 e. The molecule has 2 N–H and O–H groups in total. The fourth-order valence-electron chi connectivity index (χ4n) is 4.84. The fraction of sp³-hybridized carbons (Fsp3) is 0.222. The zero-order valence-electron chi connectivity index (χ0n) is 26.1. The lowest BCUT2D eigenvalue weighted by Gasteiger charge is -2.26. The summed E-state index contributed by atoms with van der Waals surface area (Å²) in [5.74, 6) is 3.70. The molecule has 0 heterocycles. The van der Waals surface area contributed by atoms with Crippen LogP contribution in [0.15, 0.2) is 84.9 Å². The number of phenols is 2. The minimum atomic E-state index is -0.407. The van der Waals surface area contributed by atoms with Crippen LogP contribution in [0.4, 0.5) is 0 Å². The Hall–Kier alpha value is -4.89. The molecule has 0 saturated heterocycles. The highest BCUT2D eigenvalue weighted by molar-refractivity contribution is 8.00. The molecule has 9 heteroatoms. The van der Waals surface area contributed by atoms with Crippen LogP contribution in [0.2, 0.25) is 0 Å². The number of thioether (sulfide) groups is 1. The van der Waals surface area contributed by atoms with Gasteiger partial charge in [-0.3, -0.25) is 0 Å². The smallest absolute Gasteiger partial charge is 0.130 e. The van der Waals surface area contributed by atoms with Crippen molar-refractivity contribution in [2.24, 2.45) is 0 Å². The molecule has 0 aliphatic carbocycles. The van der Waals surface area contributed by atoms with Gasteiger partial charge in [0.25, 0.3) is 0 Å². The number of benzene rings is 4. The Labute approximate surface area is 268 Å². The number of ether oxygens (including phenoxy) is 6. The summed E-state index contributed by atoms with van der Waals surface area (Å²) >= 11 is 1.55. The maximum absolute atomic E-state index is 10.5. The van der Waals surface area contributed by atoms with Gasteiger partial charge in [-0.25, -0.2) is 0 Å². The van der Waals surface area contributed by atoms with E-state index >= 15 is 0 Å². The molecule has 0 saturated carbocycles. The molecule has 0 spiro atoms. The van der Waals surface area contributed by atoms with E-state index in [1.165, 1.54) is 0 Å². The number of methoxy groups -OCH3 is 6. The van der Waals surface area contributed by atoms with Gasteiger partial charge in [-0.15, -0.1) is 11.8 Å². The van der Waals surface area contributed by atoms with Gasteiger partial charge in [0.15, 0.2) is 0 Å². The summed E-state index contributed by atoms with van der Waals surface area (Å²) in [6.45, 7) is 0. The van der Waals surface area contributed by atoms with Crippen LogP contribution >= 0.6 is 11.8 Å². The molecule has 8 nitrogen and oxygen atoms in total. The Morgan fingerprint density at radius 1 is 0.511 bits per heavy atom. The van der Waals surface area contributed by atoms with Gasteiger partial charge >= 0.3 is 0 Å². The van der Waals surface area contributed by atoms with Crippen molar-refractivity contribution in [3.8, 4) is 46.0 Å². The van der Waals surface area contributed by atoms with Crippen LogP contribution in [0.1, 0.15) is 32.8 Å². The molecule has 2 unspecified atom stereocenters. The van der Waals surface area contributed by atoms with Crippen LogP contribution in [-0.4, -0.2) is 52.9 Å². The maximum Gasteiger partial charge on any atom is 0.130 e. The summed E-state index contributed by atoms with van der Waals surface area (Å²) in [6.07, 6.45) is 7.69. The van der Waals surface area contributed by atoms with E-state index < -0.39 is 10.5 Å². The number of aromatic hydroxyl groups is 2. The summed E-state index contributed by atoms with van der Waals surface area (Å²) < 4.78 is 34.5. The third-order valence-electron chi connectivity index (χ3n) is 7.14. The van der Waals surface area contributed by atoms with Crippen LogP contribution in [0.3, 0.4) is 0 Å². The first-order valence-electron chi connectivity index (χ1n) is 14.0. The average Bonchev–Trinajstić information content (AvgIpc) is 3.08. The second kappa shape index (κ2) is 15.7. The highest BCUT2D eigenvalue weighted by Crippen LogP contribution is 2.53. The van der Waals surface area contributed by atoms with E-state index in [1.54, 1.807) is 103 Å². The van der Waals surface area contributed by atoms with Crippen LogP contribution in [0.25, 0.3) is 12.2 Å². The van der Waals surface area contributed by atoms with Crippen LogP contribution in [-0.2, 0) is 0 Å². The summed E-state index contributed by atoms with van der Waals surface area (Å²) in [7, 11) is 9.55. The van der Waals surface area contributed by atoms with Crippen molar-refractivity contribution in [2.75, 3.05) is 42.7 Å². The second-order valence-electron chi connectivity index (χ2n) is 9.70. The molecule has 0 aromatic heterocycles. The standard InChI is InChI=1S/C36H38O8S/c1-39-25-19-29(41-3)35(30(20-25)42-4)33(17-15-23-11-7-9-13-27(23)37)45-34(18-16-24-12-8-10-14-28(24)38)36-31(43-5)21-26(40-2)22-32(36)44-6/h7-22,33-34,37-38H,1-6H3. The SMILES string of the molecule is COc1cc(OC)c(C(C=Cc2ccccc2O)SC(C=Cc2ccccc2O)c2c(OC)cc(OC)cc2OC)c(OC)c1. The van der Waals surface area contributed by atoms with Gasteiger partial charge in [-0.2, -0.15) is 0 Å². The Balaban J connectivity index is 1.96. The van der Waals surface area contributed by atoms with Crippen molar-refractivity contribution in [1.29, 1.82) is 0 Å². The third-order valence-corrected chi connectivity index (χ3v) is 8.52. The van der Waals surface area contributed by atoms with Gasteiger partial charge in [-0.1, -0.05) is 60.7 Å². The molecule has 0 aliphatic heterocycles. The Morgan fingerprint density at radius 3 is 1.13 bits per heavy atom. The molecular formula is C36H38O8S. The molecule has 4 aromatic rings. The van der Waals surface area contributed by atoms with E-state index in [0.717, 1.165) is 11.1 Å². The van der Waals surface area contributed by atoms with Crippen molar-refractivity contribution >= 4 is 23.9 Å². The number of hydrogen-bond acceptors (Lipinski definition) is 9. The van der Waals surface area contributed by atoms with Crippen molar-refractivity contribution in [2.45, 2.75) is 10.5 Å². The van der Waals surface area contributed by atoms with E-state index in [-0.39, 0.29) is 11.5 Å². The molecule has 2 atom stereocenters. The number of rotatable bonds is 14. The van der Waals surface area contributed by atoms with Gasteiger partial charge in [0.2, 0.25) is 0 Å². The zero-order valence-corrected chi connectivity index (χ0v) is 27.0. The first-order valence-corrected chi connectivity index (χ1v) is 15.0. The third kappa shape index (κ3) is 7.80. The second-order valence-corrected chi connectivity index (χ2v) is 11.0. The van der Waals surface area contributed by atoms with Crippen molar-refractivity contribution in [3.63, 3.8) is 0 Å². The van der Waals surface area contributed by atoms with Gasteiger partial charge in [0.1, 0.15) is 46.0 Å². The normalized spacial score (nSPS) is 12.6. The summed E-state index contributed by atoms with van der Waals surface area (Å²) in [5.41, 5.74) is 2.81. The summed E-state index contributed by atoms with van der Waals surface area (Å²) in [5, 5.41) is 20.3. The number of para-hydroxylation sites is 2. The minimum absolute atomic E-state index is 0.153. The Bertz CT molecular complexity index is 1480. The molecule has 0 radical (unpaired) electrons. The lowest BCUT2D eigenvalue weighted by molar-refractivity contribution is 0.369. The highest BCUT2D eigenvalue weighted by Gasteiger charge is 2.28. The van der Waals surface area contributed by atoms with E-state index in [2.05, 4.69) is 0 Å². The topological polar surface area (TPSA) is 95.8 Å². The van der Waals surface area contributed by atoms with E-state index in [4.69, 9.17) is 28.4 Å². The van der Waals surface area contributed by atoms with Crippen molar-refractivity contribution in [3.05, 3.63) is 107 Å². The van der Waals surface area contributed by atoms with E-state index in [1.807, 2.05) is 48.6 Å². The van der Waals surface area contributed by atoms with Crippen molar-refractivity contribution < 1.29 is 38.6 Å². The quantitative estimate of drug-likeness (QED) is 0.143. The van der Waals surface area contributed by atoms with Crippen molar-refractivity contribution in [1.82, 2.24) is 0 Å². The van der Waals surface area contributed by atoms with Crippen LogP contribution in [0, 0.1) is 0 Å². The van der Waals surface area contributed by atoms with Gasteiger partial charge in [0.05, 0.1) is 64.3 Å². The summed E-state index contributed by atoms with van der Waals surface area (Å²) in [6, 6.07) is 21.4. The highest BCUT2D eigenvalue weighted by atomic mass is 32.2. The van der Waals surface area contributed by atoms with E-state index in [0.29, 0.717) is 45.6 Å².